The molecule has 140 valence electrons. The van der Waals surface area contributed by atoms with E-state index in [1.807, 2.05) is 13.0 Å². The first kappa shape index (κ1) is 19.7. The number of ether oxygens (including phenoxy) is 3. The van der Waals surface area contributed by atoms with Gasteiger partial charge in [-0.05, 0) is 49.2 Å². The maximum absolute atomic E-state index is 11.0. The summed E-state index contributed by atoms with van der Waals surface area (Å²) in [4.78, 5) is 15.2. The van der Waals surface area contributed by atoms with Crippen LogP contribution in [0, 0.1) is 0 Å². The van der Waals surface area contributed by atoms with Crippen LogP contribution in [0.4, 0.5) is 0 Å². The predicted octanol–water partition coefficient (Wildman–Crippen LogP) is 2.58. The molecular formula is C19H23NO6. The van der Waals surface area contributed by atoms with Crippen LogP contribution in [0.2, 0.25) is 0 Å². The lowest BCUT2D eigenvalue weighted by molar-refractivity contribution is -0.170. The van der Waals surface area contributed by atoms with Crippen LogP contribution in [-0.2, 0) is 16.0 Å². The molecule has 2 aromatic rings. The van der Waals surface area contributed by atoms with Gasteiger partial charge in [0.25, 0.3) is 6.29 Å². The number of rotatable bonds is 10. The Labute approximate surface area is 152 Å². The molecule has 1 aromatic heterocycles. The minimum Gasteiger partial charge on any atom is -0.490 e. The molecule has 0 fully saturated rings. The highest BCUT2D eigenvalue weighted by molar-refractivity contribution is 5.71. The van der Waals surface area contributed by atoms with Gasteiger partial charge in [-0.2, -0.15) is 0 Å². The number of nitrogens with zero attached hydrogens (tertiary/aromatic N) is 1. The Kier molecular flexibility index (Phi) is 7.37. The second-order valence-electron chi connectivity index (χ2n) is 5.49. The molecule has 0 amide bonds. The van der Waals surface area contributed by atoms with Crippen LogP contribution >= 0.6 is 0 Å². The quantitative estimate of drug-likeness (QED) is 0.628. The normalized spacial score (nSPS) is 13.0. The van der Waals surface area contributed by atoms with Gasteiger partial charge in [-0.1, -0.05) is 13.0 Å². The van der Waals surface area contributed by atoms with Gasteiger partial charge in [-0.25, -0.2) is 4.79 Å². The highest BCUT2D eigenvalue weighted by Crippen LogP contribution is 2.20. The number of carboxylic acid groups (broad SMARTS) is 1. The number of hydrogen-bond acceptors (Lipinski definition) is 6. The second-order valence-corrected chi connectivity index (χ2v) is 5.49. The lowest BCUT2D eigenvalue weighted by Gasteiger charge is -2.15. The maximum atomic E-state index is 11.0. The van der Waals surface area contributed by atoms with Gasteiger partial charge in [0.15, 0.2) is 0 Å². The molecule has 2 atom stereocenters. The molecule has 2 N–H and O–H groups in total. The summed E-state index contributed by atoms with van der Waals surface area (Å²) in [6.45, 7) is 4.00. The standard InChI is InChI=1S/C19H23NO6/c1-3-13-5-10-16(20-11-13)17(21)12-25-14-6-8-15(9-7-14)26-19(18(22)23)24-4-2/h5-11,17,19,21H,3-4,12H2,1-2H3,(H,22,23)/t17-,19?/m1/s1. The number of pyridine rings is 1. The SMILES string of the molecule is CCOC(Oc1ccc(OC[C@@H](O)c2ccc(CC)cn2)cc1)C(=O)O. The van der Waals surface area contributed by atoms with Crippen molar-refractivity contribution in [3.05, 3.63) is 53.9 Å². The fraction of sp³-hybridized carbons (Fsp3) is 0.368. The number of aliphatic carboxylic acids is 1. The van der Waals surface area contributed by atoms with Crippen LogP contribution in [0.25, 0.3) is 0 Å². The number of benzene rings is 1. The smallest absolute Gasteiger partial charge is 0.373 e. The number of carboxylic acids is 1. The lowest BCUT2D eigenvalue weighted by atomic mass is 10.2. The number of aliphatic hydroxyl groups is 1. The fourth-order valence-electron chi connectivity index (χ4n) is 2.15. The van der Waals surface area contributed by atoms with Gasteiger partial charge in [0.05, 0.1) is 5.69 Å². The van der Waals surface area contributed by atoms with Crippen molar-refractivity contribution < 1.29 is 29.2 Å². The molecule has 1 heterocycles. The van der Waals surface area contributed by atoms with E-state index in [0.29, 0.717) is 17.2 Å². The summed E-state index contributed by atoms with van der Waals surface area (Å²) in [7, 11) is 0. The number of aliphatic hydroxyl groups excluding tert-OH is 1. The molecule has 0 bridgehead atoms. The molecule has 26 heavy (non-hydrogen) atoms. The van der Waals surface area contributed by atoms with Crippen LogP contribution in [0.3, 0.4) is 0 Å². The Morgan fingerprint density at radius 2 is 1.81 bits per heavy atom. The zero-order valence-corrected chi connectivity index (χ0v) is 14.8. The number of hydrogen-bond donors (Lipinski definition) is 2. The minimum absolute atomic E-state index is 0.0510. The monoisotopic (exact) mass is 361 g/mol. The van der Waals surface area contributed by atoms with Crippen LogP contribution in [-0.4, -0.2) is 40.7 Å². The first-order valence-electron chi connectivity index (χ1n) is 8.40. The molecule has 0 aliphatic carbocycles. The van der Waals surface area contributed by atoms with Gasteiger partial charge in [-0.3, -0.25) is 4.98 Å². The van der Waals surface area contributed by atoms with E-state index >= 15 is 0 Å². The Balaban J connectivity index is 1.88. The number of aryl methyl sites for hydroxylation is 1. The third kappa shape index (κ3) is 5.72. The van der Waals surface area contributed by atoms with E-state index in [2.05, 4.69) is 4.98 Å². The van der Waals surface area contributed by atoms with E-state index in [1.54, 1.807) is 43.5 Å². The molecule has 0 saturated heterocycles. The molecule has 7 nitrogen and oxygen atoms in total. The van der Waals surface area contributed by atoms with E-state index in [4.69, 9.17) is 19.3 Å². The van der Waals surface area contributed by atoms with E-state index in [-0.39, 0.29) is 13.2 Å². The zero-order chi connectivity index (χ0) is 18.9. The summed E-state index contributed by atoms with van der Waals surface area (Å²) in [5.41, 5.74) is 1.65. The first-order valence-corrected chi connectivity index (χ1v) is 8.40. The molecule has 0 aliphatic rings. The Bertz CT molecular complexity index is 686. The third-order valence-corrected chi connectivity index (χ3v) is 3.59. The van der Waals surface area contributed by atoms with Crippen molar-refractivity contribution >= 4 is 5.97 Å². The van der Waals surface area contributed by atoms with Gasteiger partial charge in [-0.15, -0.1) is 0 Å². The molecule has 7 heteroatoms. The Morgan fingerprint density at radius 3 is 2.35 bits per heavy atom. The summed E-state index contributed by atoms with van der Waals surface area (Å²) in [5.74, 6) is -0.336. The molecule has 1 unspecified atom stereocenters. The lowest BCUT2D eigenvalue weighted by Crippen LogP contribution is -2.30. The highest BCUT2D eigenvalue weighted by Gasteiger charge is 2.19. The summed E-state index contributed by atoms with van der Waals surface area (Å²) >= 11 is 0. The van der Waals surface area contributed by atoms with Crippen LogP contribution in [0.5, 0.6) is 11.5 Å². The van der Waals surface area contributed by atoms with Crippen LogP contribution in [0.15, 0.2) is 42.6 Å². The Morgan fingerprint density at radius 1 is 1.12 bits per heavy atom. The van der Waals surface area contributed by atoms with Gasteiger partial charge >= 0.3 is 5.97 Å². The molecule has 1 aromatic carbocycles. The van der Waals surface area contributed by atoms with E-state index in [9.17, 15) is 9.90 Å². The summed E-state index contributed by atoms with van der Waals surface area (Å²) in [5, 5.41) is 19.1. The summed E-state index contributed by atoms with van der Waals surface area (Å²) in [6.07, 6.45) is 0.430. The van der Waals surface area contributed by atoms with Gasteiger partial charge in [0, 0.05) is 12.8 Å². The molecule has 0 aliphatic heterocycles. The van der Waals surface area contributed by atoms with Crippen molar-refractivity contribution in [2.24, 2.45) is 0 Å². The first-order chi connectivity index (χ1) is 12.5. The van der Waals surface area contributed by atoms with E-state index in [1.165, 1.54) is 0 Å². The minimum atomic E-state index is -1.36. The molecule has 0 spiro atoms. The molecule has 0 radical (unpaired) electrons. The summed E-state index contributed by atoms with van der Waals surface area (Å²) < 4.78 is 15.8. The van der Waals surface area contributed by atoms with Crippen LogP contribution in [0.1, 0.15) is 31.2 Å². The predicted molar refractivity (Wildman–Crippen MR) is 94.2 cm³/mol. The van der Waals surface area contributed by atoms with Crippen molar-refractivity contribution in [1.82, 2.24) is 4.98 Å². The Hall–Kier alpha value is -2.64. The average Bonchev–Trinajstić information content (AvgIpc) is 2.66. The largest absolute Gasteiger partial charge is 0.490 e. The van der Waals surface area contributed by atoms with Gasteiger partial charge < -0.3 is 24.4 Å². The van der Waals surface area contributed by atoms with Crippen molar-refractivity contribution in [3.63, 3.8) is 0 Å². The van der Waals surface area contributed by atoms with E-state index < -0.39 is 18.4 Å². The molecule has 0 saturated carbocycles. The average molecular weight is 361 g/mol. The second kappa shape index (κ2) is 9.74. The van der Waals surface area contributed by atoms with Crippen molar-refractivity contribution in [2.45, 2.75) is 32.7 Å². The third-order valence-electron chi connectivity index (χ3n) is 3.59. The van der Waals surface area contributed by atoms with E-state index in [0.717, 1.165) is 12.0 Å². The molecule has 2 rings (SSSR count). The topological polar surface area (TPSA) is 98.1 Å². The highest BCUT2D eigenvalue weighted by atomic mass is 16.7. The van der Waals surface area contributed by atoms with Crippen molar-refractivity contribution in [3.8, 4) is 11.5 Å². The van der Waals surface area contributed by atoms with Gasteiger partial charge in [0.1, 0.15) is 24.2 Å². The number of aromatic nitrogens is 1. The van der Waals surface area contributed by atoms with Crippen molar-refractivity contribution in [2.75, 3.05) is 13.2 Å². The summed E-state index contributed by atoms with van der Waals surface area (Å²) in [6, 6.07) is 10.1. The molecular weight excluding hydrogens is 338 g/mol. The fourth-order valence-corrected chi connectivity index (χ4v) is 2.15. The maximum Gasteiger partial charge on any atom is 0.373 e. The van der Waals surface area contributed by atoms with Crippen molar-refractivity contribution in [1.29, 1.82) is 0 Å². The van der Waals surface area contributed by atoms with Crippen LogP contribution < -0.4 is 9.47 Å². The number of carbonyl (C=O) groups is 1. The zero-order valence-electron chi connectivity index (χ0n) is 14.8. The van der Waals surface area contributed by atoms with Gasteiger partial charge in [0.2, 0.25) is 0 Å².